The van der Waals surface area contributed by atoms with Crippen molar-refractivity contribution in [1.82, 2.24) is 10.3 Å². The molecule has 2 heterocycles. The summed E-state index contributed by atoms with van der Waals surface area (Å²) in [4.78, 5) is 19.3. The Labute approximate surface area is 121 Å². The predicted molar refractivity (Wildman–Crippen MR) is 75.4 cm³/mol. The summed E-state index contributed by atoms with van der Waals surface area (Å²) in [6.45, 7) is 3.23. The molecule has 7 heteroatoms. The lowest BCUT2D eigenvalue weighted by atomic mass is 9.93. The van der Waals surface area contributed by atoms with Gasteiger partial charge < -0.3 is 10.2 Å². The Balaban J connectivity index is 1.73. The normalized spacial score (nSPS) is 16.7. The first-order valence-corrected chi connectivity index (χ1v) is 7.58. The first-order chi connectivity index (χ1) is 9.54. The van der Waals surface area contributed by atoms with Crippen molar-refractivity contribution in [2.24, 2.45) is 5.92 Å². The average molecular weight is 303 g/mol. The molecule has 1 aliphatic rings. The number of hydrogen-bond donors (Lipinski definition) is 1. The standard InChI is InChI=1S/C13H19F2N3OS/c1-9-7-17-13(20-9)18-4-2-10(3-5-18)6-12(19)16-8-11(14)15/h7,10-11H,2-6,8H2,1H3,(H,16,19). The first-order valence-electron chi connectivity index (χ1n) is 6.77. The highest BCUT2D eigenvalue weighted by molar-refractivity contribution is 7.15. The Morgan fingerprint density at radius 1 is 1.55 bits per heavy atom. The van der Waals surface area contributed by atoms with Gasteiger partial charge in [0, 0.05) is 30.6 Å². The lowest BCUT2D eigenvalue weighted by molar-refractivity contribution is -0.122. The highest BCUT2D eigenvalue weighted by atomic mass is 32.1. The molecule has 4 nitrogen and oxygen atoms in total. The maximum Gasteiger partial charge on any atom is 0.255 e. The maximum absolute atomic E-state index is 12.0. The zero-order valence-electron chi connectivity index (χ0n) is 11.4. The molecule has 0 aromatic carbocycles. The number of nitrogens with one attached hydrogen (secondary N) is 1. The fourth-order valence-corrected chi connectivity index (χ4v) is 3.15. The topological polar surface area (TPSA) is 45.2 Å². The van der Waals surface area contributed by atoms with Gasteiger partial charge >= 0.3 is 0 Å². The molecule has 112 valence electrons. The lowest BCUT2D eigenvalue weighted by Gasteiger charge is -2.31. The number of aromatic nitrogens is 1. The number of amides is 1. The van der Waals surface area contributed by atoms with Gasteiger partial charge in [-0.15, -0.1) is 11.3 Å². The molecule has 1 fully saturated rings. The van der Waals surface area contributed by atoms with Crippen LogP contribution in [0.3, 0.4) is 0 Å². The minimum atomic E-state index is -2.48. The Hall–Kier alpha value is -1.24. The van der Waals surface area contributed by atoms with Gasteiger partial charge in [-0.2, -0.15) is 0 Å². The SMILES string of the molecule is Cc1cnc(N2CCC(CC(=O)NCC(F)F)CC2)s1. The molecule has 0 bridgehead atoms. The molecular formula is C13H19F2N3OS. The van der Waals surface area contributed by atoms with E-state index in [1.165, 1.54) is 4.88 Å². The average Bonchev–Trinajstić information content (AvgIpc) is 2.84. The molecule has 0 spiro atoms. The molecule has 0 radical (unpaired) electrons. The summed E-state index contributed by atoms with van der Waals surface area (Å²) in [5.41, 5.74) is 0. The van der Waals surface area contributed by atoms with Crippen LogP contribution >= 0.6 is 11.3 Å². The number of carbonyl (C=O) groups is 1. The van der Waals surface area contributed by atoms with Crippen molar-refractivity contribution in [1.29, 1.82) is 0 Å². The van der Waals surface area contributed by atoms with Gasteiger partial charge in [0.15, 0.2) is 5.13 Å². The third-order valence-corrected chi connectivity index (χ3v) is 4.40. The zero-order valence-corrected chi connectivity index (χ0v) is 12.3. The molecule has 1 N–H and O–H groups in total. The summed E-state index contributed by atoms with van der Waals surface area (Å²) < 4.78 is 24.0. The third-order valence-electron chi connectivity index (χ3n) is 3.42. The lowest BCUT2D eigenvalue weighted by Crippen LogP contribution is -2.36. The van der Waals surface area contributed by atoms with Gasteiger partial charge in [-0.25, -0.2) is 13.8 Å². The zero-order chi connectivity index (χ0) is 14.5. The van der Waals surface area contributed by atoms with Crippen LogP contribution in [-0.4, -0.2) is 37.0 Å². The highest BCUT2D eigenvalue weighted by Crippen LogP contribution is 2.28. The summed E-state index contributed by atoms with van der Waals surface area (Å²) in [5, 5.41) is 3.29. The van der Waals surface area contributed by atoms with E-state index >= 15 is 0 Å². The van der Waals surface area contributed by atoms with Crippen LogP contribution in [0.1, 0.15) is 24.1 Å². The maximum atomic E-state index is 12.0. The van der Waals surface area contributed by atoms with Crippen molar-refractivity contribution in [3.05, 3.63) is 11.1 Å². The van der Waals surface area contributed by atoms with E-state index in [1.807, 2.05) is 13.1 Å². The fourth-order valence-electron chi connectivity index (χ4n) is 2.34. The van der Waals surface area contributed by atoms with Crippen molar-refractivity contribution < 1.29 is 13.6 Å². The summed E-state index contributed by atoms with van der Waals surface area (Å²) in [6.07, 6.45) is 1.54. The molecule has 1 aliphatic heterocycles. The fraction of sp³-hybridized carbons (Fsp3) is 0.692. The molecule has 1 saturated heterocycles. The third kappa shape index (κ3) is 4.40. The molecule has 20 heavy (non-hydrogen) atoms. The molecule has 1 aromatic heterocycles. The number of thiazole rings is 1. The highest BCUT2D eigenvalue weighted by Gasteiger charge is 2.23. The van der Waals surface area contributed by atoms with Gasteiger partial charge in [0.25, 0.3) is 6.43 Å². The monoisotopic (exact) mass is 303 g/mol. The summed E-state index contributed by atoms with van der Waals surface area (Å²) in [7, 11) is 0. The summed E-state index contributed by atoms with van der Waals surface area (Å²) in [6, 6.07) is 0. The smallest absolute Gasteiger partial charge is 0.255 e. The van der Waals surface area contributed by atoms with Crippen LogP contribution in [0.5, 0.6) is 0 Å². The molecule has 1 aromatic rings. The molecule has 1 amide bonds. The van der Waals surface area contributed by atoms with E-state index in [0.717, 1.165) is 31.1 Å². The number of nitrogens with zero attached hydrogens (tertiary/aromatic N) is 2. The van der Waals surface area contributed by atoms with Crippen LogP contribution in [0.25, 0.3) is 0 Å². The Morgan fingerprint density at radius 3 is 2.80 bits per heavy atom. The quantitative estimate of drug-likeness (QED) is 0.909. The largest absolute Gasteiger partial charge is 0.350 e. The molecule has 0 aliphatic carbocycles. The first kappa shape index (κ1) is 15.2. The minimum absolute atomic E-state index is 0.270. The second kappa shape index (κ2) is 6.97. The van der Waals surface area contributed by atoms with E-state index in [4.69, 9.17) is 0 Å². The van der Waals surface area contributed by atoms with Gasteiger partial charge in [-0.3, -0.25) is 4.79 Å². The number of alkyl halides is 2. The van der Waals surface area contributed by atoms with Crippen LogP contribution in [0.15, 0.2) is 6.20 Å². The number of aryl methyl sites for hydroxylation is 1. The van der Waals surface area contributed by atoms with Gasteiger partial charge in [0.1, 0.15) is 0 Å². The molecule has 2 rings (SSSR count). The van der Waals surface area contributed by atoms with E-state index < -0.39 is 13.0 Å². The predicted octanol–water partition coefficient (Wildman–Crippen LogP) is 2.44. The molecule has 0 saturated carbocycles. The number of rotatable bonds is 5. The van der Waals surface area contributed by atoms with Gasteiger partial charge in [-0.1, -0.05) is 0 Å². The number of piperidine rings is 1. The van der Waals surface area contributed by atoms with Gasteiger partial charge in [-0.05, 0) is 25.7 Å². The van der Waals surface area contributed by atoms with Crippen molar-refractivity contribution >= 4 is 22.4 Å². The van der Waals surface area contributed by atoms with E-state index in [1.54, 1.807) is 11.3 Å². The van der Waals surface area contributed by atoms with Gasteiger partial charge in [0.05, 0.1) is 6.54 Å². The van der Waals surface area contributed by atoms with E-state index in [-0.39, 0.29) is 11.8 Å². The van der Waals surface area contributed by atoms with E-state index in [9.17, 15) is 13.6 Å². The summed E-state index contributed by atoms with van der Waals surface area (Å²) >= 11 is 1.67. The molecule has 0 atom stereocenters. The number of anilines is 1. The van der Waals surface area contributed by atoms with Crippen molar-refractivity contribution in [3.8, 4) is 0 Å². The van der Waals surface area contributed by atoms with Crippen molar-refractivity contribution in [2.45, 2.75) is 32.6 Å². The van der Waals surface area contributed by atoms with Crippen molar-refractivity contribution in [2.75, 3.05) is 24.5 Å². The van der Waals surface area contributed by atoms with Crippen molar-refractivity contribution in [3.63, 3.8) is 0 Å². The minimum Gasteiger partial charge on any atom is -0.350 e. The molecule has 0 unspecified atom stereocenters. The molecular weight excluding hydrogens is 284 g/mol. The number of carbonyl (C=O) groups excluding carboxylic acids is 1. The van der Waals surface area contributed by atoms with Crippen LogP contribution < -0.4 is 10.2 Å². The van der Waals surface area contributed by atoms with Crippen LogP contribution in [0.2, 0.25) is 0 Å². The second-order valence-corrected chi connectivity index (χ2v) is 6.30. The van der Waals surface area contributed by atoms with Crippen LogP contribution in [0, 0.1) is 12.8 Å². The second-order valence-electron chi connectivity index (χ2n) is 5.08. The van der Waals surface area contributed by atoms with E-state index in [0.29, 0.717) is 6.42 Å². The van der Waals surface area contributed by atoms with Gasteiger partial charge in [0.2, 0.25) is 5.91 Å². The van der Waals surface area contributed by atoms with E-state index in [2.05, 4.69) is 15.2 Å². The Kier molecular flexibility index (Phi) is 5.28. The number of halogens is 2. The Bertz CT molecular complexity index is 445. The summed E-state index contributed by atoms with van der Waals surface area (Å²) in [5.74, 6) is 0.0128. The van der Waals surface area contributed by atoms with Crippen LogP contribution in [0.4, 0.5) is 13.9 Å². The van der Waals surface area contributed by atoms with Crippen LogP contribution in [-0.2, 0) is 4.79 Å². The number of hydrogen-bond acceptors (Lipinski definition) is 4. The Morgan fingerprint density at radius 2 is 2.25 bits per heavy atom.